The van der Waals surface area contributed by atoms with Gasteiger partial charge < -0.3 is 14.8 Å². The molecule has 0 spiro atoms. The molecule has 174 valence electrons. The van der Waals surface area contributed by atoms with Gasteiger partial charge in [0.05, 0.1) is 24.2 Å². The Morgan fingerprint density at radius 1 is 1.03 bits per heavy atom. The molecule has 0 saturated carbocycles. The van der Waals surface area contributed by atoms with E-state index in [2.05, 4.69) is 25.7 Å². The van der Waals surface area contributed by atoms with E-state index >= 15 is 0 Å². The summed E-state index contributed by atoms with van der Waals surface area (Å²) in [7, 11) is 0. The lowest BCUT2D eigenvalue weighted by Gasteiger charge is -2.17. The van der Waals surface area contributed by atoms with Gasteiger partial charge in [0.15, 0.2) is 17.2 Å². The van der Waals surface area contributed by atoms with Crippen LogP contribution in [0.1, 0.15) is 35.5 Å². The standard InChI is InChI=1S/C20H16F5N5O3/c1-9(2)32-12-4-5-13(16(22)15(12)21)33-19-14(10(3)17(29-30-19)20(23,24)25)18(31)28-11-6-7-26-27-8-11/h4-9H,1-3H3,(H,26,28,31). The minimum absolute atomic E-state index is 0.109. The molecular formula is C20H16F5N5O3. The van der Waals surface area contributed by atoms with E-state index in [0.29, 0.717) is 0 Å². The van der Waals surface area contributed by atoms with E-state index in [4.69, 9.17) is 9.47 Å². The number of amides is 1. The van der Waals surface area contributed by atoms with E-state index in [9.17, 15) is 26.7 Å². The molecule has 0 aliphatic carbocycles. The molecule has 0 atom stereocenters. The second kappa shape index (κ2) is 9.30. The molecule has 2 aromatic heterocycles. The number of carbonyl (C=O) groups excluding carboxylic acids is 1. The lowest BCUT2D eigenvalue weighted by molar-refractivity contribution is -0.142. The van der Waals surface area contributed by atoms with Gasteiger partial charge in [-0.25, -0.2) is 0 Å². The second-order valence-electron chi connectivity index (χ2n) is 6.90. The third-order valence-corrected chi connectivity index (χ3v) is 4.10. The van der Waals surface area contributed by atoms with Crippen molar-refractivity contribution < 1.29 is 36.2 Å². The maximum absolute atomic E-state index is 14.5. The van der Waals surface area contributed by atoms with Gasteiger partial charge in [-0.15, -0.1) is 10.2 Å². The molecule has 3 rings (SSSR count). The number of alkyl halides is 3. The zero-order chi connectivity index (χ0) is 24.3. The maximum atomic E-state index is 14.5. The molecule has 0 aliphatic heterocycles. The number of halogens is 5. The van der Waals surface area contributed by atoms with Gasteiger partial charge in [0, 0.05) is 0 Å². The van der Waals surface area contributed by atoms with E-state index < -0.39 is 64.0 Å². The van der Waals surface area contributed by atoms with Crippen molar-refractivity contribution in [3.8, 4) is 17.4 Å². The van der Waals surface area contributed by atoms with E-state index in [1.165, 1.54) is 12.3 Å². The number of carbonyl (C=O) groups is 1. The summed E-state index contributed by atoms with van der Waals surface area (Å²) in [4.78, 5) is 12.8. The van der Waals surface area contributed by atoms with Crippen LogP contribution in [0, 0.1) is 18.6 Å². The zero-order valence-corrected chi connectivity index (χ0v) is 17.4. The smallest absolute Gasteiger partial charge is 0.435 e. The van der Waals surface area contributed by atoms with Crippen LogP contribution < -0.4 is 14.8 Å². The third-order valence-electron chi connectivity index (χ3n) is 4.10. The van der Waals surface area contributed by atoms with E-state index in [-0.39, 0.29) is 5.69 Å². The number of hydrogen-bond donors (Lipinski definition) is 1. The fourth-order valence-corrected chi connectivity index (χ4v) is 2.71. The average molecular weight is 469 g/mol. The normalized spacial score (nSPS) is 11.4. The van der Waals surface area contributed by atoms with Gasteiger partial charge in [-0.3, -0.25) is 4.79 Å². The quantitative estimate of drug-likeness (QED) is 0.523. The Morgan fingerprint density at radius 3 is 2.30 bits per heavy atom. The first-order chi connectivity index (χ1) is 15.5. The predicted molar refractivity (Wildman–Crippen MR) is 104 cm³/mol. The molecule has 3 aromatic rings. The maximum Gasteiger partial charge on any atom is 0.435 e. The fourth-order valence-electron chi connectivity index (χ4n) is 2.71. The summed E-state index contributed by atoms with van der Waals surface area (Å²) in [5.74, 6) is -5.85. The Morgan fingerprint density at radius 2 is 1.70 bits per heavy atom. The summed E-state index contributed by atoms with van der Waals surface area (Å²) in [6.45, 7) is 4.18. The third kappa shape index (κ3) is 5.30. The molecule has 0 unspecified atom stereocenters. The number of benzene rings is 1. The van der Waals surface area contributed by atoms with Gasteiger partial charge in [0.25, 0.3) is 11.8 Å². The summed E-state index contributed by atoms with van der Waals surface area (Å²) in [5.41, 5.74) is -2.65. The van der Waals surface area contributed by atoms with Gasteiger partial charge in [-0.05, 0) is 44.5 Å². The van der Waals surface area contributed by atoms with Crippen molar-refractivity contribution in [2.75, 3.05) is 5.32 Å². The van der Waals surface area contributed by atoms with Crippen LogP contribution in [0.15, 0.2) is 30.6 Å². The van der Waals surface area contributed by atoms with Crippen LogP contribution in [0.25, 0.3) is 0 Å². The lowest BCUT2D eigenvalue weighted by atomic mass is 10.1. The van der Waals surface area contributed by atoms with Crippen molar-refractivity contribution in [1.82, 2.24) is 20.4 Å². The second-order valence-corrected chi connectivity index (χ2v) is 6.90. The van der Waals surface area contributed by atoms with Crippen LogP contribution in [-0.2, 0) is 6.18 Å². The van der Waals surface area contributed by atoms with Crippen LogP contribution in [-0.4, -0.2) is 32.4 Å². The molecule has 2 heterocycles. The summed E-state index contributed by atoms with van der Waals surface area (Å²) in [5, 5.41) is 15.7. The zero-order valence-electron chi connectivity index (χ0n) is 17.4. The number of rotatable bonds is 6. The number of ether oxygens (including phenoxy) is 2. The molecule has 0 saturated heterocycles. The molecule has 1 N–H and O–H groups in total. The first-order valence-corrected chi connectivity index (χ1v) is 9.34. The van der Waals surface area contributed by atoms with Crippen molar-refractivity contribution in [2.24, 2.45) is 0 Å². The molecule has 0 bridgehead atoms. The van der Waals surface area contributed by atoms with Crippen LogP contribution in [0.4, 0.5) is 27.6 Å². The minimum Gasteiger partial charge on any atom is -0.488 e. The monoisotopic (exact) mass is 469 g/mol. The minimum atomic E-state index is -4.93. The van der Waals surface area contributed by atoms with Crippen molar-refractivity contribution in [3.05, 3.63) is 59.0 Å². The lowest BCUT2D eigenvalue weighted by Crippen LogP contribution is -2.21. The topological polar surface area (TPSA) is 99.1 Å². The van der Waals surface area contributed by atoms with E-state index in [0.717, 1.165) is 25.3 Å². The number of nitrogens with one attached hydrogen (secondary N) is 1. The highest BCUT2D eigenvalue weighted by Gasteiger charge is 2.38. The molecular weight excluding hydrogens is 453 g/mol. The molecule has 0 fully saturated rings. The molecule has 13 heteroatoms. The van der Waals surface area contributed by atoms with Gasteiger partial charge in [0.1, 0.15) is 5.56 Å². The van der Waals surface area contributed by atoms with Gasteiger partial charge in [-0.1, -0.05) is 0 Å². The Hall–Kier alpha value is -3.90. The highest BCUT2D eigenvalue weighted by Crippen LogP contribution is 2.36. The Labute approximate surface area is 183 Å². The molecule has 0 radical (unpaired) electrons. The van der Waals surface area contributed by atoms with Crippen molar-refractivity contribution in [3.63, 3.8) is 0 Å². The predicted octanol–water partition coefficient (Wildman–Crippen LogP) is 4.70. The molecule has 1 aromatic carbocycles. The van der Waals surface area contributed by atoms with Crippen LogP contribution >= 0.6 is 0 Å². The Bertz CT molecular complexity index is 1170. The Kier molecular flexibility index (Phi) is 6.70. The first-order valence-electron chi connectivity index (χ1n) is 9.34. The van der Waals surface area contributed by atoms with E-state index in [1.54, 1.807) is 13.8 Å². The van der Waals surface area contributed by atoms with Crippen molar-refractivity contribution in [2.45, 2.75) is 33.1 Å². The SMILES string of the molecule is Cc1c(C(F)(F)F)nnc(Oc2ccc(OC(C)C)c(F)c2F)c1C(=O)Nc1ccnnc1. The molecule has 0 aliphatic rings. The molecule has 1 amide bonds. The number of hydrogen-bond acceptors (Lipinski definition) is 7. The largest absolute Gasteiger partial charge is 0.488 e. The van der Waals surface area contributed by atoms with Crippen LogP contribution in [0.2, 0.25) is 0 Å². The molecule has 8 nitrogen and oxygen atoms in total. The Balaban J connectivity index is 2.06. The van der Waals surface area contributed by atoms with Crippen molar-refractivity contribution in [1.29, 1.82) is 0 Å². The van der Waals surface area contributed by atoms with Gasteiger partial charge in [-0.2, -0.15) is 32.1 Å². The van der Waals surface area contributed by atoms with Crippen LogP contribution in [0.5, 0.6) is 17.4 Å². The highest BCUT2D eigenvalue weighted by molar-refractivity contribution is 6.07. The van der Waals surface area contributed by atoms with Gasteiger partial charge in [0.2, 0.25) is 11.6 Å². The fraction of sp³-hybridized carbons (Fsp3) is 0.250. The summed E-state index contributed by atoms with van der Waals surface area (Å²) in [6, 6.07) is 3.39. The summed E-state index contributed by atoms with van der Waals surface area (Å²) < 4.78 is 79.1. The van der Waals surface area contributed by atoms with Crippen molar-refractivity contribution >= 4 is 11.6 Å². The average Bonchev–Trinajstić information content (AvgIpc) is 2.73. The number of nitrogens with zero attached hydrogens (tertiary/aromatic N) is 4. The number of anilines is 1. The number of aromatic nitrogens is 4. The summed E-state index contributed by atoms with van der Waals surface area (Å²) in [6.07, 6.45) is -3.00. The molecule has 33 heavy (non-hydrogen) atoms. The van der Waals surface area contributed by atoms with Crippen LogP contribution in [0.3, 0.4) is 0 Å². The highest BCUT2D eigenvalue weighted by atomic mass is 19.4. The summed E-state index contributed by atoms with van der Waals surface area (Å²) >= 11 is 0. The first kappa shape index (κ1) is 23.8. The van der Waals surface area contributed by atoms with Gasteiger partial charge >= 0.3 is 6.18 Å². The van der Waals surface area contributed by atoms with E-state index in [1.807, 2.05) is 0 Å².